The highest BCUT2D eigenvalue weighted by Crippen LogP contribution is 2.20. The van der Waals surface area contributed by atoms with Gasteiger partial charge in [0.1, 0.15) is 0 Å². The number of hydrogen-bond acceptors (Lipinski definition) is 2. The van der Waals surface area contributed by atoms with Crippen LogP contribution >= 0.6 is 0 Å². The highest BCUT2D eigenvalue weighted by molar-refractivity contribution is 5.98. The maximum absolute atomic E-state index is 11.4. The third-order valence-corrected chi connectivity index (χ3v) is 3.94. The van der Waals surface area contributed by atoms with E-state index < -0.39 is 11.9 Å². The van der Waals surface area contributed by atoms with Crippen LogP contribution in [0.5, 0.6) is 0 Å². The summed E-state index contributed by atoms with van der Waals surface area (Å²) in [6.07, 6.45) is 10.9. The van der Waals surface area contributed by atoms with Crippen LogP contribution in [0, 0.1) is 0 Å². The molecule has 2 N–H and O–H groups in total. The molecular weight excluding hydrogens is 280 g/mol. The van der Waals surface area contributed by atoms with Crippen molar-refractivity contribution in [3.63, 3.8) is 0 Å². The lowest BCUT2D eigenvalue weighted by Gasteiger charge is -2.09. The van der Waals surface area contributed by atoms with E-state index in [1.165, 1.54) is 0 Å². The molecular formula is C18H32O4. The van der Waals surface area contributed by atoms with Crippen molar-refractivity contribution in [2.45, 2.75) is 90.9 Å². The summed E-state index contributed by atoms with van der Waals surface area (Å²) >= 11 is 0. The molecule has 0 aromatic rings. The number of carboxylic acid groups (broad SMARTS) is 2. The summed E-state index contributed by atoms with van der Waals surface area (Å²) < 4.78 is 0. The summed E-state index contributed by atoms with van der Waals surface area (Å²) in [6, 6.07) is 0. The summed E-state index contributed by atoms with van der Waals surface area (Å²) in [5.74, 6) is -2.14. The summed E-state index contributed by atoms with van der Waals surface area (Å²) in [6.45, 7) is 4.26. The molecule has 0 fully saturated rings. The van der Waals surface area contributed by atoms with E-state index in [-0.39, 0.29) is 11.1 Å². The van der Waals surface area contributed by atoms with Gasteiger partial charge in [-0.1, -0.05) is 65.2 Å². The molecule has 0 radical (unpaired) electrons. The highest BCUT2D eigenvalue weighted by atomic mass is 16.4. The zero-order valence-electron chi connectivity index (χ0n) is 14.2. The Labute approximate surface area is 134 Å². The van der Waals surface area contributed by atoms with Crippen molar-refractivity contribution in [3.8, 4) is 0 Å². The fourth-order valence-electron chi connectivity index (χ4n) is 2.58. The minimum absolute atomic E-state index is 0.111. The number of unbranched alkanes of at least 4 members (excludes halogenated alkanes) is 8. The van der Waals surface area contributed by atoms with Gasteiger partial charge in [-0.05, 0) is 25.7 Å². The van der Waals surface area contributed by atoms with E-state index in [0.717, 1.165) is 64.2 Å². The molecule has 0 aliphatic rings. The molecule has 0 aliphatic carbocycles. The van der Waals surface area contributed by atoms with Crippen molar-refractivity contribution in [2.24, 2.45) is 0 Å². The number of carbonyl (C=O) groups is 2. The van der Waals surface area contributed by atoms with Crippen molar-refractivity contribution in [1.82, 2.24) is 0 Å². The van der Waals surface area contributed by atoms with Gasteiger partial charge < -0.3 is 10.2 Å². The molecule has 0 aromatic heterocycles. The van der Waals surface area contributed by atoms with Gasteiger partial charge in [0.05, 0.1) is 0 Å². The Morgan fingerprint density at radius 3 is 1.18 bits per heavy atom. The Hall–Kier alpha value is -1.32. The standard InChI is InChI=1S/C18H32O4/c1-3-5-7-9-11-13-15(17(19)20)16(18(21)22)14-12-10-8-6-4-2/h3-14H2,1-2H3,(H,19,20)(H,21,22)/b16-15+. The first-order valence-electron chi connectivity index (χ1n) is 8.73. The number of aliphatic carboxylic acids is 2. The van der Waals surface area contributed by atoms with Gasteiger partial charge in [0.25, 0.3) is 0 Å². The predicted octanol–water partition coefficient (Wildman–Crippen LogP) is 5.17. The average molecular weight is 312 g/mol. The molecule has 0 heterocycles. The third-order valence-electron chi connectivity index (χ3n) is 3.94. The van der Waals surface area contributed by atoms with E-state index in [9.17, 15) is 19.8 Å². The smallest absolute Gasteiger partial charge is 0.332 e. The Kier molecular flexibility index (Phi) is 12.5. The van der Waals surface area contributed by atoms with Crippen LogP contribution in [0.15, 0.2) is 11.1 Å². The molecule has 0 rings (SSSR count). The molecule has 22 heavy (non-hydrogen) atoms. The van der Waals surface area contributed by atoms with Crippen LogP contribution < -0.4 is 0 Å². The van der Waals surface area contributed by atoms with Crippen molar-refractivity contribution >= 4 is 11.9 Å². The fourth-order valence-corrected chi connectivity index (χ4v) is 2.58. The van der Waals surface area contributed by atoms with Crippen LogP contribution in [-0.2, 0) is 9.59 Å². The van der Waals surface area contributed by atoms with Crippen LogP contribution in [-0.4, -0.2) is 22.2 Å². The van der Waals surface area contributed by atoms with Gasteiger partial charge >= 0.3 is 11.9 Å². The first-order valence-corrected chi connectivity index (χ1v) is 8.73. The van der Waals surface area contributed by atoms with E-state index in [4.69, 9.17) is 0 Å². The Bertz CT molecular complexity index is 324. The Balaban J connectivity index is 4.55. The lowest BCUT2D eigenvalue weighted by atomic mass is 9.96. The van der Waals surface area contributed by atoms with Gasteiger partial charge in [0, 0.05) is 11.1 Å². The highest BCUT2D eigenvalue weighted by Gasteiger charge is 2.19. The van der Waals surface area contributed by atoms with Gasteiger partial charge in [-0.25, -0.2) is 9.59 Å². The van der Waals surface area contributed by atoms with Gasteiger partial charge in [-0.2, -0.15) is 0 Å². The summed E-state index contributed by atoms with van der Waals surface area (Å²) in [5, 5.41) is 18.6. The fraction of sp³-hybridized carbons (Fsp3) is 0.778. The summed E-state index contributed by atoms with van der Waals surface area (Å²) in [5.41, 5.74) is 0.221. The lowest BCUT2D eigenvalue weighted by molar-refractivity contribution is -0.136. The van der Waals surface area contributed by atoms with Crippen LogP contribution in [0.4, 0.5) is 0 Å². The molecule has 0 saturated heterocycles. The molecule has 4 nitrogen and oxygen atoms in total. The predicted molar refractivity (Wildman–Crippen MR) is 89.0 cm³/mol. The van der Waals surface area contributed by atoms with Crippen molar-refractivity contribution in [1.29, 1.82) is 0 Å². The Morgan fingerprint density at radius 1 is 0.591 bits per heavy atom. The van der Waals surface area contributed by atoms with Crippen LogP contribution in [0.2, 0.25) is 0 Å². The molecule has 0 aromatic carbocycles. The van der Waals surface area contributed by atoms with Crippen LogP contribution in [0.3, 0.4) is 0 Å². The number of carboxylic acids is 2. The molecule has 0 spiro atoms. The van der Waals surface area contributed by atoms with Crippen LogP contribution in [0.25, 0.3) is 0 Å². The maximum Gasteiger partial charge on any atom is 0.332 e. The molecule has 0 bridgehead atoms. The number of rotatable bonds is 14. The maximum atomic E-state index is 11.4. The third kappa shape index (κ3) is 9.59. The van der Waals surface area contributed by atoms with Crippen molar-refractivity contribution in [3.05, 3.63) is 11.1 Å². The van der Waals surface area contributed by atoms with Crippen molar-refractivity contribution < 1.29 is 19.8 Å². The number of hydrogen-bond donors (Lipinski definition) is 2. The molecule has 0 amide bonds. The molecule has 0 aliphatic heterocycles. The quantitative estimate of drug-likeness (QED) is 0.342. The summed E-state index contributed by atoms with van der Waals surface area (Å²) in [7, 11) is 0. The molecule has 0 unspecified atom stereocenters. The summed E-state index contributed by atoms with van der Waals surface area (Å²) in [4.78, 5) is 22.8. The second-order valence-corrected chi connectivity index (χ2v) is 5.90. The second-order valence-electron chi connectivity index (χ2n) is 5.90. The largest absolute Gasteiger partial charge is 0.478 e. The molecule has 128 valence electrons. The van der Waals surface area contributed by atoms with Gasteiger partial charge in [0.2, 0.25) is 0 Å². The second kappa shape index (κ2) is 13.4. The lowest BCUT2D eigenvalue weighted by Crippen LogP contribution is -2.12. The van der Waals surface area contributed by atoms with E-state index in [1.54, 1.807) is 0 Å². The van der Waals surface area contributed by atoms with Gasteiger partial charge in [-0.15, -0.1) is 0 Å². The Morgan fingerprint density at radius 2 is 0.909 bits per heavy atom. The normalized spacial score (nSPS) is 12.1. The topological polar surface area (TPSA) is 74.6 Å². The average Bonchev–Trinajstić information content (AvgIpc) is 2.47. The first kappa shape index (κ1) is 20.7. The van der Waals surface area contributed by atoms with E-state index in [2.05, 4.69) is 13.8 Å². The van der Waals surface area contributed by atoms with Crippen LogP contribution in [0.1, 0.15) is 90.9 Å². The van der Waals surface area contributed by atoms with Gasteiger partial charge in [0.15, 0.2) is 0 Å². The van der Waals surface area contributed by atoms with E-state index in [1.807, 2.05) is 0 Å². The first-order chi connectivity index (χ1) is 10.5. The zero-order chi connectivity index (χ0) is 16.8. The minimum atomic E-state index is -1.07. The monoisotopic (exact) mass is 312 g/mol. The zero-order valence-corrected chi connectivity index (χ0v) is 14.2. The SMILES string of the molecule is CCCCCCC/C(C(=O)O)=C(/CCCCCCC)C(=O)O. The van der Waals surface area contributed by atoms with E-state index in [0.29, 0.717) is 12.8 Å². The van der Waals surface area contributed by atoms with E-state index >= 15 is 0 Å². The minimum Gasteiger partial charge on any atom is -0.478 e. The van der Waals surface area contributed by atoms with Gasteiger partial charge in [-0.3, -0.25) is 0 Å². The molecule has 0 atom stereocenters. The van der Waals surface area contributed by atoms with Crippen molar-refractivity contribution in [2.75, 3.05) is 0 Å². The molecule has 4 heteroatoms. The molecule has 0 saturated carbocycles.